The molecule has 0 atom stereocenters. The molecule has 0 aliphatic heterocycles. The molecule has 5 heteroatoms. The number of carbonyl (C=O) groups is 2. The number of nitrogens with zero attached hydrogens (tertiary/aromatic N) is 1. The van der Waals surface area contributed by atoms with Crippen LogP contribution >= 0.6 is 11.3 Å². The molecule has 1 aromatic rings. The Labute approximate surface area is 92.1 Å². The van der Waals surface area contributed by atoms with Gasteiger partial charge < -0.3 is 10.0 Å². The molecule has 4 nitrogen and oxygen atoms in total. The average Bonchev–Trinajstić information content (AvgIpc) is 2.50. The minimum Gasteiger partial charge on any atom is -0.481 e. The van der Waals surface area contributed by atoms with Gasteiger partial charge in [-0.3, -0.25) is 9.59 Å². The fraction of sp³-hybridized carbons (Fsp3) is 0.400. The van der Waals surface area contributed by atoms with E-state index < -0.39 is 12.4 Å². The maximum absolute atomic E-state index is 11.3. The molecule has 1 heterocycles. The first-order valence-corrected chi connectivity index (χ1v) is 5.37. The average molecular weight is 227 g/mol. The van der Waals surface area contributed by atoms with Crippen molar-refractivity contribution in [2.45, 2.75) is 19.9 Å². The van der Waals surface area contributed by atoms with E-state index in [4.69, 9.17) is 5.11 Å². The van der Waals surface area contributed by atoms with Crippen LogP contribution in [-0.4, -0.2) is 28.9 Å². The second kappa shape index (κ2) is 4.93. The number of carboxylic acids is 1. The van der Waals surface area contributed by atoms with E-state index in [9.17, 15) is 9.59 Å². The van der Waals surface area contributed by atoms with Gasteiger partial charge >= 0.3 is 5.97 Å². The van der Waals surface area contributed by atoms with Gasteiger partial charge in [-0.05, 0) is 23.9 Å². The summed E-state index contributed by atoms with van der Waals surface area (Å²) in [5.41, 5.74) is 1.13. The molecule has 15 heavy (non-hydrogen) atoms. The molecule has 0 saturated heterocycles. The summed E-state index contributed by atoms with van der Waals surface area (Å²) in [6, 6.07) is 1.98. The van der Waals surface area contributed by atoms with Gasteiger partial charge in [-0.1, -0.05) is 0 Å². The largest absolute Gasteiger partial charge is 0.481 e. The lowest BCUT2D eigenvalue weighted by Crippen LogP contribution is -2.27. The van der Waals surface area contributed by atoms with Crippen LogP contribution in [-0.2, 0) is 16.1 Å². The van der Waals surface area contributed by atoms with Crippen molar-refractivity contribution in [3.8, 4) is 0 Å². The van der Waals surface area contributed by atoms with E-state index in [0.717, 1.165) is 10.4 Å². The molecule has 0 fully saturated rings. The van der Waals surface area contributed by atoms with Crippen LogP contribution in [0.1, 0.15) is 16.9 Å². The van der Waals surface area contributed by atoms with Crippen LogP contribution in [0.25, 0.3) is 0 Å². The Morgan fingerprint density at radius 2 is 2.20 bits per heavy atom. The van der Waals surface area contributed by atoms with Crippen LogP contribution in [0.2, 0.25) is 0 Å². The van der Waals surface area contributed by atoms with E-state index in [2.05, 4.69) is 0 Å². The Morgan fingerprint density at radius 3 is 2.67 bits per heavy atom. The minimum atomic E-state index is -1.09. The lowest BCUT2D eigenvalue weighted by atomic mass is 10.2. The summed E-state index contributed by atoms with van der Waals surface area (Å²) in [4.78, 5) is 24.2. The first kappa shape index (κ1) is 11.7. The molecule has 0 saturated carbocycles. The molecule has 0 bridgehead atoms. The number of aliphatic carboxylic acids is 1. The summed E-state index contributed by atoms with van der Waals surface area (Å²) in [6.45, 7) is 2.46. The fourth-order valence-electron chi connectivity index (χ4n) is 1.13. The summed E-state index contributed by atoms with van der Waals surface area (Å²) < 4.78 is 0. The van der Waals surface area contributed by atoms with Gasteiger partial charge in [0.1, 0.15) is 6.42 Å². The zero-order valence-electron chi connectivity index (χ0n) is 8.69. The highest BCUT2D eigenvalue weighted by molar-refractivity contribution is 7.10. The Morgan fingerprint density at radius 1 is 1.53 bits per heavy atom. The lowest BCUT2D eigenvalue weighted by Gasteiger charge is -2.15. The number of carbonyl (C=O) groups excluding carboxylic acids is 1. The van der Waals surface area contributed by atoms with Crippen LogP contribution in [0.3, 0.4) is 0 Å². The van der Waals surface area contributed by atoms with Crippen LogP contribution in [0, 0.1) is 6.92 Å². The zero-order chi connectivity index (χ0) is 11.4. The van der Waals surface area contributed by atoms with Gasteiger partial charge in [-0.2, -0.15) is 0 Å². The van der Waals surface area contributed by atoms with Crippen LogP contribution in [0.5, 0.6) is 0 Å². The van der Waals surface area contributed by atoms with E-state index in [1.807, 2.05) is 18.4 Å². The van der Waals surface area contributed by atoms with Gasteiger partial charge in [0.2, 0.25) is 5.91 Å². The summed E-state index contributed by atoms with van der Waals surface area (Å²) in [5, 5.41) is 10.4. The molecular formula is C10H13NO3S. The summed E-state index contributed by atoms with van der Waals surface area (Å²) in [5.74, 6) is -1.45. The summed E-state index contributed by atoms with van der Waals surface area (Å²) in [7, 11) is 1.62. The van der Waals surface area contributed by atoms with E-state index >= 15 is 0 Å². The third-order valence-corrected chi connectivity index (χ3v) is 3.08. The van der Waals surface area contributed by atoms with Gasteiger partial charge in [0.25, 0.3) is 0 Å². The third kappa shape index (κ3) is 3.36. The first-order valence-electron chi connectivity index (χ1n) is 4.49. The topological polar surface area (TPSA) is 57.6 Å². The van der Waals surface area contributed by atoms with Crippen LogP contribution in [0.15, 0.2) is 11.4 Å². The fourth-order valence-corrected chi connectivity index (χ4v) is 2.09. The summed E-state index contributed by atoms with van der Waals surface area (Å²) in [6.07, 6.45) is -0.444. The van der Waals surface area contributed by atoms with Crippen LogP contribution < -0.4 is 0 Å². The highest BCUT2D eigenvalue weighted by Gasteiger charge is 2.14. The quantitative estimate of drug-likeness (QED) is 0.793. The number of carboxylic acid groups (broad SMARTS) is 1. The number of aryl methyl sites for hydroxylation is 1. The van der Waals surface area contributed by atoms with Crippen molar-refractivity contribution in [1.29, 1.82) is 0 Å². The lowest BCUT2D eigenvalue weighted by molar-refractivity contribution is -0.143. The minimum absolute atomic E-state index is 0.365. The molecule has 0 unspecified atom stereocenters. The number of rotatable bonds is 4. The number of thiophene rings is 1. The Hall–Kier alpha value is -1.36. The highest BCUT2D eigenvalue weighted by atomic mass is 32.1. The standard InChI is InChI=1S/C10H13NO3S/c1-7-3-4-15-8(7)6-11(2)9(12)5-10(13)14/h3-4H,5-6H2,1-2H3,(H,13,14). The third-order valence-electron chi connectivity index (χ3n) is 2.08. The molecule has 0 aromatic carbocycles. The molecule has 0 radical (unpaired) electrons. The van der Waals surface area contributed by atoms with Crippen molar-refractivity contribution >= 4 is 23.2 Å². The van der Waals surface area contributed by atoms with Gasteiger partial charge in [0, 0.05) is 11.9 Å². The number of hydrogen-bond donors (Lipinski definition) is 1. The van der Waals surface area contributed by atoms with E-state index in [1.165, 1.54) is 4.90 Å². The van der Waals surface area contributed by atoms with E-state index in [0.29, 0.717) is 6.54 Å². The van der Waals surface area contributed by atoms with Gasteiger partial charge in [0.15, 0.2) is 0 Å². The van der Waals surface area contributed by atoms with Gasteiger partial charge in [-0.25, -0.2) is 0 Å². The van der Waals surface area contributed by atoms with Crippen molar-refractivity contribution in [2.75, 3.05) is 7.05 Å². The molecule has 82 valence electrons. The normalized spacial score (nSPS) is 10.0. The molecular weight excluding hydrogens is 214 g/mol. The second-order valence-electron chi connectivity index (χ2n) is 3.35. The van der Waals surface area contributed by atoms with Crippen molar-refractivity contribution in [3.63, 3.8) is 0 Å². The molecule has 0 aliphatic carbocycles. The Bertz CT molecular complexity index is 372. The van der Waals surface area contributed by atoms with E-state index in [1.54, 1.807) is 18.4 Å². The first-order chi connectivity index (χ1) is 7.00. The smallest absolute Gasteiger partial charge is 0.312 e. The van der Waals surface area contributed by atoms with Crippen molar-refractivity contribution in [1.82, 2.24) is 4.90 Å². The number of amides is 1. The Balaban J connectivity index is 2.56. The maximum atomic E-state index is 11.3. The highest BCUT2D eigenvalue weighted by Crippen LogP contribution is 2.17. The predicted molar refractivity (Wildman–Crippen MR) is 57.8 cm³/mol. The maximum Gasteiger partial charge on any atom is 0.312 e. The molecule has 0 aliphatic rings. The Kier molecular flexibility index (Phi) is 3.85. The monoisotopic (exact) mass is 227 g/mol. The SMILES string of the molecule is Cc1ccsc1CN(C)C(=O)CC(=O)O. The van der Waals surface area contributed by atoms with Crippen molar-refractivity contribution < 1.29 is 14.7 Å². The molecule has 0 spiro atoms. The summed E-state index contributed by atoms with van der Waals surface area (Å²) >= 11 is 1.57. The molecule has 1 aromatic heterocycles. The van der Waals surface area contributed by atoms with Crippen molar-refractivity contribution in [2.24, 2.45) is 0 Å². The zero-order valence-corrected chi connectivity index (χ0v) is 9.50. The van der Waals surface area contributed by atoms with Crippen LogP contribution in [0.4, 0.5) is 0 Å². The predicted octanol–water partition coefficient (Wildman–Crippen LogP) is 1.49. The molecule has 1 amide bonds. The number of hydrogen-bond acceptors (Lipinski definition) is 3. The van der Waals surface area contributed by atoms with E-state index in [-0.39, 0.29) is 5.91 Å². The van der Waals surface area contributed by atoms with Crippen molar-refractivity contribution in [3.05, 3.63) is 21.9 Å². The molecule has 1 N–H and O–H groups in total. The molecule has 1 rings (SSSR count). The van der Waals surface area contributed by atoms with Gasteiger partial charge in [-0.15, -0.1) is 11.3 Å². The van der Waals surface area contributed by atoms with Gasteiger partial charge in [0.05, 0.1) is 6.54 Å². The second-order valence-corrected chi connectivity index (χ2v) is 4.35.